The van der Waals surface area contributed by atoms with Crippen LogP contribution in [0.25, 0.3) is 0 Å². The number of sulfonamides is 1. The predicted molar refractivity (Wildman–Crippen MR) is 79.3 cm³/mol. The van der Waals surface area contributed by atoms with Gasteiger partial charge in [-0.3, -0.25) is 4.79 Å². The van der Waals surface area contributed by atoms with Crippen LogP contribution in [-0.4, -0.2) is 30.9 Å². The maximum atomic E-state index is 12.7. The van der Waals surface area contributed by atoms with Gasteiger partial charge in [0.1, 0.15) is 0 Å². The van der Waals surface area contributed by atoms with Crippen LogP contribution in [0.15, 0.2) is 24.3 Å². The molecule has 1 amide bonds. The summed E-state index contributed by atoms with van der Waals surface area (Å²) in [5.74, 6) is -0.175. The highest BCUT2D eigenvalue weighted by Gasteiger charge is 2.62. The Morgan fingerprint density at radius 1 is 1.24 bits per heavy atom. The fourth-order valence-corrected chi connectivity index (χ4v) is 5.74. The Bertz CT molecular complexity index is 712. The second-order valence-corrected chi connectivity index (χ2v) is 8.52. The Morgan fingerprint density at radius 3 is 2.81 bits per heavy atom. The molecule has 1 aliphatic heterocycles. The van der Waals surface area contributed by atoms with Crippen LogP contribution in [0.5, 0.6) is 0 Å². The van der Waals surface area contributed by atoms with Crippen LogP contribution in [0.4, 0.5) is 0 Å². The van der Waals surface area contributed by atoms with Gasteiger partial charge in [0.25, 0.3) is 0 Å². The quantitative estimate of drug-likeness (QED) is 0.795. The first-order chi connectivity index (χ1) is 10.0. The molecule has 1 heterocycles. The van der Waals surface area contributed by atoms with Crippen LogP contribution in [0, 0.1) is 5.92 Å². The van der Waals surface area contributed by atoms with E-state index in [4.69, 9.17) is 0 Å². The number of carbonyl (C=O) groups excluding carboxylic acids is 1. The highest BCUT2D eigenvalue weighted by molar-refractivity contribution is 7.89. The normalized spacial score (nSPS) is 33.0. The van der Waals surface area contributed by atoms with Crippen molar-refractivity contribution in [2.75, 3.05) is 12.3 Å². The average molecular weight is 305 g/mol. The summed E-state index contributed by atoms with van der Waals surface area (Å²) in [5.41, 5.74) is 2.54. The molecule has 2 fully saturated rings. The highest BCUT2D eigenvalue weighted by atomic mass is 32.2. The maximum Gasteiger partial charge on any atom is 0.240 e. The summed E-state index contributed by atoms with van der Waals surface area (Å²) in [4.78, 5) is 12.7. The van der Waals surface area contributed by atoms with Crippen molar-refractivity contribution in [3.8, 4) is 0 Å². The van der Waals surface area contributed by atoms with Crippen LogP contribution in [0.2, 0.25) is 0 Å². The van der Waals surface area contributed by atoms with E-state index in [2.05, 4.69) is 12.1 Å². The van der Waals surface area contributed by atoms with Crippen molar-refractivity contribution in [2.24, 2.45) is 5.92 Å². The molecule has 1 saturated heterocycles. The topological polar surface area (TPSA) is 54.5 Å². The van der Waals surface area contributed by atoms with Gasteiger partial charge in [0.15, 0.2) is 0 Å². The Hall–Kier alpha value is -1.36. The zero-order valence-corrected chi connectivity index (χ0v) is 12.7. The summed E-state index contributed by atoms with van der Waals surface area (Å²) < 4.78 is 25.1. The van der Waals surface area contributed by atoms with E-state index in [1.807, 2.05) is 12.1 Å². The molecule has 0 bridgehead atoms. The van der Waals surface area contributed by atoms with E-state index in [1.165, 1.54) is 11.1 Å². The Balaban J connectivity index is 1.65. The van der Waals surface area contributed by atoms with Gasteiger partial charge in [0.05, 0.1) is 5.75 Å². The van der Waals surface area contributed by atoms with Crippen molar-refractivity contribution in [3.63, 3.8) is 0 Å². The Kier molecular flexibility index (Phi) is 2.74. The number of aryl methyl sites for hydroxylation is 1. The van der Waals surface area contributed by atoms with Crippen LogP contribution in [0.3, 0.4) is 0 Å². The number of benzene rings is 1. The van der Waals surface area contributed by atoms with Gasteiger partial charge in [-0.15, -0.1) is 0 Å². The van der Waals surface area contributed by atoms with Gasteiger partial charge in [0, 0.05) is 17.9 Å². The monoisotopic (exact) mass is 305 g/mol. The van der Waals surface area contributed by atoms with E-state index in [9.17, 15) is 13.2 Å². The zero-order valence-electron chi connectivity index (χ0n) is 11.9. The smallest absolute Gasteiger partial charge is 0.240 e. The first kappa shape index (κ1) is 13.3. The number of rotatable bonds is 1. The molecule has 3 aliphatic rings. The van der Waals surface area contributed by atoms with Crippen LogP contribution in [0.1, 0.15) is 36.8 Å². The third-order valence-electron chi connectivity index (χ3n) is 5.34. The van der Waals surface area contributed by atoms with Crippen LogP contribution in [-0.2, 0) is 26.7 Å². The van der Waals surface area contributed by atoms with Crippen LogP contribution < -0.4 is 0 Å². The largest absolute Gasteiger partial charge is 0.273 e. The van der Waals surface area contributed by atoms with Crippen molar-refractivity contribution >= 4 is 15.9 Å². The minimum atomic E-state index is -3.34. The molecule has 1 spiro atoms. The summed E-state index contributed by atoms with van der Waals surface area (Å²) in [6, 6.07) is 8.34. The van der Waals surface area contributed by atoms with E-state index >= 15 is 0 Å². The number of amides is 1. The molecule has 112 valence electrons. The number of nitrogens with zero attached hydrogens (tertiary/aromatic N) is 1. The molecule has 1 aromatic rings. The Morgan fingerprint density at radius 2 is 2.05 bits per heavy atom. The molecule has 4 rings (SSSR count). The molecule has 21 heavy (non-hydrogen) atoms. The molecule has 5 heteroatoms. The molecule has 4 nitrogen and oxygen atoms in total. The molecule has 0 N–H and O–H groups in total. The highest BCUT2D eigenvalue weighted by Crippen LogP contribution is 2.61. The second kappa shape index (κ2) is 4.32. The van der Waals surface area contributed by atoms with Crippen molar-refractivity contribution in [1.29, 1.82) is 0 Å². The number of hydrogen-bond acceptors (Lipinski definition) is 3. The standard InChI is InChI=1S/C16H19NO3S/c18-15(17-9-4-10-21(17,19)20)14-11-16(14)8-3-6-12-5-1-2-7-13(12)16/h1-2,5,7,14H,3-4,6,8-11H2/t14-,16+/m1/s1. The van der Waals surface area contributed by atoms with Gasteiger partial charge in [-0.25, -0.2) is 12.7 Å². The summed E-state index contributed by atoms with van der Waals surface area (Å²) in [5, 5.41) is 0. The third kappa shape index (κ3) is 1.86. The lowest BCUT2D eigenvalue weighted by molar-refractivity contribution is -0.128. The summed E-state index contributed by atoms with van der Waals surface area (Å²) in [6.07, 6.45) is 4.56. The van der Waals surface area contributed by atoms with Gasteiger partial charge in [0.2, 0.25) is 15.9 Å². The number of fused-ring (bicyclic) bond motifs is 2. The average Bonchev–Trinajstić information content (AvgIpc) is 3.07. The van der Waals surface area contributed by atoms with Crippen molar-refractivity contribution in [3.05, 3.63) is 35.4 Å². The van der Waals surface area contributed by atoms with E-state index in [-0.39, 0.29) is 23.0 Å². The summed E-state index contributed by atoms with van der Waals surface area (Å²) in [6.45, 7) is 0.370. The van der Waals surface area contributed by atoms with Gasteiger partial charge in [-0.05, 0) is 43.2 Å². The molecular formula is C16H19NO3S. The predicted octanol–water partition coefficient (Wildman–Crippen LogP) is 1.84. The second-order valence-electron chi connectivity index (χ2n) is 6.50. The van der Waals surface area contributed by atoms with Crippen molar-refractivity contribution < 1.29 is 13.2 Å². The van der Waals surface area contributed by atoms with Crippen molar-refractivity contribution in [1.82, 2.24) is 4.31 Å². The lowest BCUT2D eigenvalue weighted by Crippen LogP contribution is -2.36. The first-order valence-corrected chi connectivity index (χ1v) is 9.28. The minimum Gasteiger partial charge on any atom is -0.273 e. The molecule has 2 aliphatic carbocycles. The zero-order chi connectivity index (χ0) is 14.7. The van der Waals surface area contributed by atoms with E-state index in [0.717, 1.165) is 30.0 Å². The third-order valence-corrected chi connectivity index (χ3v) is 7.18. The van der Waals surface area contributed by atoms with E-state index < -0.39 is 10.0 Å². The molecule has 0 unspecified atom stereocenters. The first-order valence-electron chi connectivity index (χ1n) is 7.67. The maximum absolute atomic E-state index is 12.7. The van der Waals surface area contributed by atoms with E-state index in [1.54, 1.807) is 0 Å². The summed E-state index contributed by atoms with van der Waals surface area (Å²) >= 11 is 0. The van der Waals surface area contributed by atoms with Crippen LogP contribution >= 0.6 is 0 Å². The Labute approximate surface area is 125 Å². The molecule has 0 aromatic heterocycles. The van der Waals surface area contributed by atoms with Gasteiger partial charge < -0.3 is 0 Å². The number of hydrogen-bond donors (Lipinski definition) is 0. The molecular weight excluding hydrogens is 286 g/mol. The van der Waals surface area contributed by atoms with Crippen molar-refractivity contribution in [2.45, 2.75) is 37.5 Å². The lowest BCUT2D eigenvalue weighted by Gasteiger charge is -2.27. The molecule has 2 atom stereocenters. The fourth-order valence-electron chi connectivity index (χ4n) is 4.22. The molecule has 0 radical (unpaired) electrons. The molecule has 1 saturated carbocycles. The minimum absolute atomic E-state index is 0.0793. The molecule has 1 aromatic carbocycles. The van der Waals surface area contributed by atoms with Gasteiger partial charge in [-0.1, -0.05) is 24.3 Å². The number of carbonyl (C=O) groups is 1. The van der Waals surface area contributed by atoms with Gasteiger partial charge in [-0.2, -0.15) is 0 Å². The summed E-state index contributed by atoms with van der Waals surface area (Å²) in [7, 11) is -3.34. The fraction of sp³-hybridized carbons (Fsp3) is 0.562. The SMILES string of the molecule is O=C([C@H]1C[C@]12CCCc1ccccc12)N1CCCS1(=O)=O. The lowest BCUT2D eigenvalue weighted by atomic mass is 9.78. The van der Waals surface area contributed by atoms with E-state index in [0.29, 0.717) is 13.0 Å². The van der Waals surface area contributed by atoms with Gasteiger partial charge >= 0.3 is 0 Å².